The first-order valence-electron chi connectivity index (χ1n) is 8.09. The number of furan rings is 1. The van der Waals surface area contributed by atoms with E-state index in [4.69, 9.17) is 15.6 Å². The van der Waals surface area contributed by atoms with Gasteiger partial charge in [0.2, 0.25) is 0 Å². The average Bonchev–Trinajstić information content (AvgIpc) is 3.31. The largest absolute Gasteiger partial charge is 0.622 e. The van der Waals surface area contributed by atoms with Crippen LogP contribution in [0.1, 0.15) is 18.6 Å². The summed E-state index contributed by atoms with van der Waals surface area (Å²) in [6, 6.07) is 3.68. The van der Waals surface area contributed by atoms with Crippen LogP contribution >= 0.6 is 33.9 Å². The van der Waals surface area contributed by atoms with Gasteiger partial charge in [0.25, 0.3) is 11.4 Å². The maximum absolute atomic E-state index is 13.4. The van der Waals surface area contributed by atoms with Crippen LogP contribution in [0.25, 0.3) is 0 Å². The number of ether oxygens (including phenoxy) is 1. The van der Waals surface area contributed by atoms with Crippen molar-refractivity contribution in [3.63, 3.8) is 0 Å². The Kier molecular flexibility index (Phi) is 6.31. The summed E-state index contributed by atoms with van der Waals surface area (Å²) >= 11 is 3.42. The molecule has 138 valence electrons. The lowest BCUT2D eigenvalue weighted by atomic mass is 10.2. The Morgan fingerprint density at radius 3 is 3.15 bits per heavy atom. The number of esters is 1. The fourth-order valence-electron chi connectivity index (χ4n) is 2.84. The van der Waals surface area contributed by atoms with E-state index in [0.29, 0.717) is 31.1 Å². The van der Waals surface area contributed by atoms with Gasteiger partial charge in [-0.05, 0) is 52.5 Å². The predicted molar refractivity (Wildman–Crippen MR) is 107 cm³/mol. The second kappa shape index (κ2) is 8.49. The fraction of sp³-hybridized carbons (Fsp3) is 0.412. The number of aryl methyl sites for hydroxylation is 1. The van der Waals surface area contributed by atoms with E-state index in [-0.39, 0.29) is 13.1 Å². The highest BCUT2D eigenvalue weighted by Gasteiger charge is 2.45. The number of carbonyl (C=O) groups is 1. The first-order valence-corrected chi connectivity index (χ1v) is 9.99. The Morgan fingerprint density at radius 1 is 1.65 bits per heavy atom. The Morgan fingerprint density at radius 2 is 2.50 bits per heavy atom. The molecular weight excluding hydrogens is 469 g/mol. The van der Waals surface area contributed by atoms with Gasteiger partial charge in [-0.25, -0.2) is 4.90 Å². The molecular formula is C17H18IN3O4S. The molecule has 0 aliphatic carbocycles. The van der Waals surface area contributed by atoms with Gasteiger partial charge in [0.05, 0.1) is 28.4 Å². The lowest BCUT2D eigenvalue weighted by Crippen LogP contribution is -2.50. The summed E-state index contributed by atoms with van der Waals surface area (Å²) in [6.07, 6.45) is 9.23. The van der Waals surface area contributed by atoms with Gasteiger partial charge >= 0.3 is 5.97 Å². The minimum Gasteiger partial charge on any atom is -0.622 e. The number of nitrogens with zero attached hydrogens (tertiary/aromatic N) is 3. The molecule has 3 heterocycles. The third-order valence-electron chi connectivity index (χ3n) is 4.05. The Balaban J connectivity index is 1.63. The number of rotatable bonds is 7. The Labute approximate surface area is 169 Å². The van der Waals surface area contributed by atoms with E-state index in [0.717, 1.165) is 8.64 Å². The zero-order valence-corrected chi connectivity index (χ0v) is 16.9. The number of aromatic nitrogens is 1. The molecule has 0 radical (unpaired) electrons. The molecule has 0 aromatic carbocycles. The minimum absolute atomic E-state index is 0.123. The molecule has 2 atom stereocenters. The van der Waals surface area contributed by atoms with E-state index in [1.165, 1.54) is 11.3 Å². The first kappa shape index (κ1) is 19.3. The van der Waals surface area contributed by atoms with Crippen LogP contribution < -0.4 is 4.65 Å². The van der Waals surface area contributed by atoms with Crippen LogP contribution in [-0.4, -0.2) is 41.8 Å². The second-order valence-corrected chi connectivity index (χ2v) is 8.88. The lowest BCUT2D eigenvalue weighted by molar-refractivity contribution is -0.153. The monoisotopic (exact) mass is 487 g/mol. The highest BCUT2D eigenvalue weighted by molar-refractivity contribution is 14.1. The van der Waals surface area contributed by atoms with Crippen LogP contribution in [-0.2, 0) is 16.0 Å². The highest BCUT2D eigenvalue weighted by Crippen LogP contribution is 2.35. The molecule has 0 bridgehead atoms. The lowest BCUT2D eigenvalue weighted by Gasteiger charge is -2.38. The molecule has 0 N–H and O–H groups in total. The number of halogens is 1. The third kappa shape index (κ3) is 4.44. The first-order chi connectivity index (χ1) is 12.5. The topological polar surface area (TPSA) is 78.6 Å². The van der Waals surface area contributed by atoms with Crippen molar-refractivity contribution >= 4 is 45.0 Å². The number of quaternary nitrogens is 1. The average molecular weight is 487 g/mol. The van der Waals surface area contributed by atoms with Crippen molar-refractivity contribution in [3.8, 4) is 12.3 Å². The van der Waals surface area contributed by atoms with E-state index < -0.39 is 16.8 Å². The number of hydrogen-bond donors (Lipinski definition) is 0. The zero-order chi connectivity index (χ0) is 18.6. The van der Waals surface area contributed by atoms with Gasteiger partial charge in [-0.1, -0.05) is 5.92 Å². The van der Waals surface area contributed by atoms with Crippen molar-refractivity contribution in [2.75, 3.05) is 19.8 Å². The maximum Gasteiger partial charge on any atom is 0.310 e. The van der Waals surface area contributed by atoms with Crippen LogP contribution in [0.2, 0.25) is 0 Å². The number of hydroxylamine groups is 2. The molecule has 1 aliphatic rings. The number of carbonyl (C=O) groups excluding carboxylic acids is 1. The van der Waals surface area contributed by atoms with E-state index in [1.54, 1.807) is 12.5 Å². The maximum atomic E-state index is 13.4. The van der Waals surface area contributed by atoms with E-state index in [1.807, 2.05) is 17.0 Å². The number of terminal acetylenes is 1. The fourth-order valence-corrected chi connectivity index (χ4v) is 4.29. The molecule has 2 aromatic rings. The molecule has 7 nitrogen and oxygen atoms in total. The Hall–Kier alpha value is -1.45. The molecule has 3 rings (SSSR count). The van der Waals surface area contributed by atoms with Gasteiger partial charge in [0.1, 0.15) is 12.4 Å². The van der Waals surface area contributed by atoms with E-state index in [2.05, 4.69) is 33.5 Å². The molecule has 2 aromatic heterocycles. The molecule has 1 aliphatic heterocycles. The SMILES string of the molecule is C#CCN1CC(OC(=O)CCCc2ccco2)[N+]([O-])(c2ncc(I)s2)C1. The standard InChI is InChI=1S/C17H18IN3O4S/c1-2-8-20-11-15(21(23,12-20)17-19-10-14(18)26-17)25-16(22)7-3-5-13-6-4-9-24-13/h1,4,6,9-10,15H,3,5,7-8,11-12H2. The van der Waals surface area contributed by atoms with E-state index in [9.17, 15) is 10.0 Å². The van der Waals surface area contributed by atoms with Crippen molar-refractivity contribution in [2.24, 2.45) is 0 Å². The third-order valence-corrected chi connectivity index (χ3v) is 5.88. The molecule has 0 saturated carbocycles. The molecule has 9 heteroatoms. The Bertz CT molecular complexity index is 788. The smallest absolute Gasteiger partial charge is 0.310 e. The molecule has 1 fully saturated rings. The quantitative estimate of drug-likeness (QED) is 0.197. The van der Waals surface area contributed by atoms with Crippen molar-refractivity contribution in [1.29, 1.82) is 0 Å². The normalized spacial score (nSPS) is 23.0. The summed E-state index contributed by atoms with van der Waals surface area (Å²) in [4.78, 5) is 18.3. The second-order valence-electron chi connectivity index (χ2n) is 5.98. The molecule has 2 unspecified atom stereocenters. The summed E-state index contributed by atoms with van der Waals surface area (Å²) in [7, 11) is 0. The van der Waals surface area contributed by atoms with Crippen LogP contribution in [0, 0.1) is 20.4 Å². The zero-order valence-electron chi connectivity index (χ0n) is 14.0. The highest BCUT2D eigenvalue weighted by atomic mass is 127. The number of thiazole rings is 1. The van der Waals surface area contributed by atoms with Gasteiger partial charge in [0, 0.05) is 12.8 Å². The van der Waals surface area contributed by atoms with Crippen LogP contribution in [0.15, 0.2) is 29.0 Å². The van der Waals surface area contributed by atoms with Gasteiger partial charge in [-0.2, -0.15) is 4.98 Å². The van der Waals surface area contributed by atoms with Crippen molar-refractivity contribution in [1.82, 2.24) is 14.5 Å². The molecule has 26 heavy (non-hydrogen) atoms. The summed E-state index contributed by atoms with van der Waals surface area (Å²) in [5.74, 6) is 2.97. The van der Waals surface area contributed by atoms with E-state index >= 15 is 0 Å². The van der Waals surface area contributed by atoms with Crippen molar-refractivity contribution < 1.29 is 13.9 Å². The summed E-state index contributed by atoms with van der Waals surface area (Å²) in [5.41, 5.74) is 0. The van der Waals surface area contributed by atoms with Crippen LogP contribution in [0.3, 0.4) is 0 Å². The van der Waals surface area contributed by atoms with Crippen LogP contribution in [0.5, 0.6) is 0 Å². The summed E-state index contributed by atoms with van der Waals surface area (Å²) in [6.45, 7) is 0.753. The molecule has 1 saturated heterocycles. The number of hydrogen-bond acceptors (Lipinski definition) is 7. The van der Waals surface area contributed by atoms with Crippen LogP contribution in [0.4, 0.5) is 5.13 Å². The van der Waals surface area contributed by atoms with Crippen molar-refractivity contribution in [3.05, 3.63) is 38.4 Å². The summed E-state index contributed by atoms with van der Waals surface area (Å²) < 4.78 is 10.9. The van der Waals surface area contributed by atoms with Gasteiger partial charge in [0.15, 0.2) is 0 Å². The predicted octanol–water partition coefficient (Wildman–Crippen LogP) is 2.94. The summed E-state index contributed by atoms with van der Waals surface area (Å²) in [5, 5.41) is 13.8. The molecule has 0 spiro atoms. The van der Waals surface area contributed by atoms with Gasteiger partial charge < -0.3 is 14.4 Å². The minimum atomic E-state index is -0.860. The van der Waals surface area contributed by atoms with Crippen molar-refractivity contribution in [2.45, 2.75) is 25.5 Å². The molecule has 0 amide bonds. The van der Waals surface area contributed by atoms with Gasteiger partial charge in [-0.15, -0.1) is 6.42 Å². The van der Waals surface area contributed by atoms with Gasteiger partial charge in [-0.3, -0.25) is 9.44 Å².